The Kier molecular flexibility index (Phi) is 7.49. The van der Waals surface area contributed by atoms with E-state index < -0.39 is 43.6 Å². The van der Waals surface area contributed by atoms with Crippen molar-refractivity contribution in [3.8, 4) is 0 Å². The molecule has 0 saturated carbocycles. The van der Waals surface area contributed by atoms with Gasteiger partial charge in [-0.05, 0) is 12.5 Å². The Balaban J connectivity index is 2.13. The monoisotopic (exact) mass is 427 g/mol. The molecule has 1 heterocycles. The summed E-state index contributed by atoms with van der Waals surface area (Å²) < 4.78 is 26.1. The van der Waals surface area contributed by atoms with Crippen molar-refractivity contribution in [1.82, 2.24) is 15.3 Å². The maximum atomic E-state index is 12.4. The number of ether oxygens (including phenoxy) is 1. The number of esters is 1. The number of benzene rings is 1. The number of hydrogen-bond donors (Lipinski definition) is 2. The van der Waals surface area contributed by atoms with Crippen molar-refractivity contribution in [2.75, 3.05) is 20.8 Å². The van der Waals surface area contributed by atoms with Crippen molar-refractivity contribution in [3.63, 3.8) is 0 Å². The van der Waals surface area contributed by atoms with Crippen LogP contribution in [-0.2, 0) is 39.2 Å². The Morgan fingerprint density at radius 3 is 2.31 bits per heavy atom. The van der Waals surface area contributed by atoms with E-state index in [1.54, 1.807) is 37.3 Å². The first-order valence-corrected chi connectivity index (χ1v) is 10.2. The van der Waals surface area contributed by atoms with Crippen molar-refractivity contribution in [1.29, 1.82) is 0 Å². The average Bonchev–Trinajstić information content (AvgIpc) is 2.70. The SMILES string of the molecule is CCOC(=O)[C@@H]1[C@H](NC(=O)Cc2ccccc2)C(=O)N1C(=O)NP(=O)(OC)OC. The van der Waals surface area contributed by atoms with Gasteiger partial charge in [0.25, 0.3) is 5.91 Å². The largest absolute Gasteiger partial charge is 0.464 e. The molecule has 29 heavy (non-hydrogen) atoms. The van der Waals surface area contributed by atoms with Crippen LogP contribution in [0.1, 0.15) is 12.5 Å². The summed E-state index contributed by atoms with van der Waals surface area (Å²) in [6.45, 7) is 1.55. The minimum atomic E-state index is -4.00. The summed E-state index contributed by atoms with van der Waals surface area (Å²) in [4.78, 5) is 49.8. The number of imide groups is 1. The highest BCUT2D eigenvalue weighted by atomic mass is 31.2. The molecule has 0 bridgehead atoms. The highest BCUT2D eigenvalue weighted by Crippen LogP contribution is 2.42. The van der Waals surface area contributed by atoms with E-state index >= 15 is 0 Å². The van der Waals surface area contributed by atoms with Crippen LogP contribution >= 0.6 is 7.75 Å². The molecule has 1 saturated heterocycles. The number of β-lactam (4-membered cyclic amide) rings is 1. The zero-order chi connectivity index (χ0) is 21.6. The molecule has 1 fully saturated rings. The van der Waals surface area contributed by atoms with Crippen molar-refractivity contribution >= 4 is 31.6 Å². The van der Waals surface area contributed by atoms with E-state index in [1.165, 1.54) is 0 Å². The van der Waals surface area contributed by atoms with Crippen LogP contribution in [0.5, 0.6) is 0 Å². The summed E-state index contributed by atoms with van der Waals surface area (Å²) in [6, 6.07) is 4.90. The molecule has 0 radical (unpaired) electrons. The second kappa shape index (κ2) is 9.64. The van der Waals surface area contributed by atoms with Crippen LogP contribution in [-0.4, -0.2) is 61.6 Å². The summed E-state index contributed by atoms with van der Waals surface area (Å²) in [5.74, 6) is -2.26. The molecule has 11 nitrogen and oxygen atoms in total. The minimum absolute atomic E-state index is 0.00169. The summed E-state index contributed by atoms with van der Waals surface area (Å²) in [5.41, 5.74) is 0.709. The molecular weight excluding hydrogens is 405 g/mol. The number of nitrogens with one attached hydrogen (secondary N) is 2. The van der Waals surface area contributed by atoms with Crippen LogP contribution in [0.4, 0.5) is 4.79 Å². The van der Waals surface area contributed by atoms with E-state index in [1.807, 2.05) is 5.09 Å². The number of rotatable bonds is 8. The molecule has 0 aromatic heterocycles. The molecule has 2 N–H and O–H groups in total. The minimum Gasteiger partial charge on any atom is -0.464 e. The summed E-state index contributed by atoms with van der Waals surface area (Å²) in [5, 5.41) is 4.36. The van der Waals surface area contributed by atoms with E-state index in [-0.39, 0.29) is 13.0 Å². The standard InChI is InChI=1S/C17H22N3O8P/c1-4-28-16(23)14-13(18-12(21)10-11-8-6-5-7-9-11)15(22)20(14)17(24)19-29(25,26-2)27-3/h5-9,13-14H,4,10H2,1-3H3,(H,18,21)(H,19,24,25)/t13-,14-/m0/s1. The molecule has 2 rings (SSSR count). The molecule has 1 aromatic carbocycles. The molecule has 0 aliphatic carbocycles. The first-order valence-electron chi connectivity index (χ1n) is 8.63. The lowest BCUT2D eigenvalue weighted by Gasteiger charge is -2.43. The Morgan fingerprint density at radius 2 is 1.76 bits per heavy atom. The van der Waals surface area contributed by atoms with Gasteiger partial charge in [0.15, 0.2) is 6.04 Å². The fourth-order valence-corrected chi connectivity index (χ4v) is 3.34. The van der Waals surface area contributed by atoms with E-state index in [0.717, 1.165) is 14.2 Å². The molecule has 0 spiro atoms. The Morgan fingerprint density at radius 1 is 1.14 bits per heavy atom. The van der Waals surface area contributed by atoms with Gasteiger partial charge in [-0.15, -0.1) is 0 Å². The van der Waals surface area contributed by atoms with E-state index in [2.05, 4.69) is 14.4 Å². The van der Waals surface area contributed by atoms with E-state index in [4.69, 9.17) is 4.74 Å². The van der Waals surface area contributed by atoms with Crippen LogP contribution in [0.25, 0.3) is 0 Å². The van der Waals surface area contributed by atoms with Gasteiger partial charge in [0.1, 0.15) is 6.04 Å². The van der Waals surface area contributed by atoms with Crippen LogP contribution in [0, 0.1) is 0 Å². The molecule has 12 heteroatoms. The number of carbonyl (C=O) groups excluding carboxylic acids is 4. The van der Waals surface area contributed by atoms with Gasteiger partial charge < -0.3 is 10.1 Å². The number of nitrogens with zero attached hydrogens (tertiary/aromatic N) is 1. The van der Waals surface area contributed by atoms with Crippen molar-refractivity contribution < 1.29 is 37.5 Å². The van der Waals surface area contributed by atoms with Gasteiger partial charge >= 0.3 is 19.7 Å². The molecule has 1 aliphatic heterocycles. The van der Waals surface area contributed by atoms with E-state index in [0.29, 0.717) is 10.5 Å². The normalized spacial score (nSPS) is 18.6. The highest BCUT2D eigenvalue weighted by molar-refractivity contribution is 7.52. The van der Waals surface area contributed by atoms with Crippen LogP contribution < -0.4 is 10.4 Å². The topological polar surface area (TPSA) is 140 Å². The summed E-state index contributed by atoms with van der Waals surface area (Å²) in [7, 11) is -1.92. The number of carbonyl (C=O) groups is 4. The van der Waals surface area contributed by atoms with Gasteiger partial charge in [-0.1, -0.05) is 30.3 Å². The van der Waals surface area contributed by atoms with Crippen molar-refractivity contribution in [2.24, 2.45) is 0 Å². The average molecular weight is 427 g/mol. The van der Waals surface area contributed by atoms with Crippen molar-refractivity contribution in [2.45, 2.75) is 25.4 Å². The summed E-state index contributed by atoms with van der Waals surface area (Å²) >= 11 is 0. The quantitative estimate of drug-likeness (QED) is 0.349. The fourth-order valence-electron chi connectivity index (χ4n) is 2.67. The number of urea groups is 1. The molecule has 0 unspecified atom stereocenters. The van der Waals surface area contributed by atoms with Crippen LogP contribution in [0.15, 0.2) is 30.3 Å². The lowest BCUT2D eigenvalue weighted by Crippen LogP contribution is -2.75. The molecular formula is C17H22N3O8P. The predicted molar refractivity (Wildman–Crippen MR) is 99.5 cm³/mol. The lowest BCUT2D eigenvalue weighted by molar-refractivity contribution is -0.166. The predicted octanol–water partition coefficient (Wildman–Crippen LogP) is 0.598. The van der Waals surface area contributed by atoms with Gasteiger partial charge in [0.05, 0.1) is 13.0 Å². The maximum absolute atomic E-state index is 12.4. The Labute approximate surface area is 167 Å². The second-order valence-electron chi connectivity index (χ2n) is 5.89. The van der Waals surface area contributed by atoms with Crippen LogP contribution in [0.3, 0.4) is 0 Å². The summed E-state index contributed by atoms with van der Waals surface area (Å²) in [6.07, 6.45) is -0.0189. The fraction of sp³-hybridized carbons (Fsp3) is 0.412. The highest BCUT2D eigenvalue weighted by Gasteiger charge is 2.57. The Hall–Kier alpha value is -2.75. The number of likely N-dealkylation sites (tertiary alicyclic amines) is 1. The maximum Gasteiger partial charge on any atom is 0.435 e. The third kappa shape index (κ3) is 5.20. The zero-order valence-corrected chi connectivity index (χ0v) is 17.0. The third-order valence-electron chi connectivity index (χ3n) is 4.08. The molecule has 1 aliphatic rings. The molecule has 1 aromatic rings. The van der Waals surface area contributed by atoms with Gasteiger partial charge in [0.2, 0.25) is 5.91 Å². The Bertz CT molecular complexity index is 823. The van der Waals surface area contributed by atoms with Gasteiger partial charge in [-0.2, -0.15) is 0 Å². The molecule has 2 atom stereocenters. The molecule has 158 valence electrons. The molecule has 4 amide bonds. The number of amides is 4. The second-order valence-corrected chi connectivity index (χ2v) is 7.84. The lowest BCUT2D eigenvalue weighted by atomic mass is 9.95. The van der Waals surface area contributed by atoms with Crippen molar-refractivity contribution in [3.05, 3.63) is 35.9 Å². The van der Waals surface area contributed by atoms with E-state index in [9.17, 15) is 23.7 Å². The third-order valence-corrected chi connectivity index (χ3v) is 5.51. The van der Waals surface area contributed by atoms with Gasteiger partial charge in [-0.25, -0.2) is 24.1 Å². The smallest absolute Gasteiger partial charge is 0.435 e. The van der Waals surface area contributed by atoms with Gasteiger partial charge in [-0.3, -0.25) is 18.6 Å². The first kappa shape index (κ1) is 22.5. The van der Waals surface area contributed by atoms with Gasteiger partial charge in [0, 0.05) is 14.2 Å². The first-order chi connectivity index (χ1) is 13.8. The number of hydrogen-bond acceptors (Lipinski definition) is 8. The van der Waals surface area contributed by atoms with Crippen LogP contribution in [0.2, 0.25) is 0 Å². The zero-order valence-electron chi connectivity index (χ0n) is 16.1.